The van der Waals surface area contributed by atoms with Crippen molar-refractivity contribution < 1.29 is 9.53 Å². The highest BCUT2D eigenvalue weighted by atomic mass is 32.1. The fourth-order valence-corrected chi connectivity index (χ4v) is 3.89. The third kappa shape index (κ3) is 2.63. The molecule has 1 aromatic rings. The first-order chi connectivity index (χ1) is 9.25. The second-order valence-corrected chi connectivity index (χ2v) is 7.86. The third-order valence-electron chi connectivity index (χ3n) is 4.63. The highest BCUT2D eigenvalue weighted by molar-refractivity contribution is 7.10. The summed E-state index contributed by atoms with van der Waals surface area (Å²) in [5.41, 5.74) is -0.459. The molecule has 0 radical (unpaired) electrons. The van der Waals surface area contributed by atoms with Crippen LogP contribution in [-0.4, -0.2) is 25.2 Å². The summed E-state index contributed by atoms with van der Waals surface area (Å²) >= 11 is 1.68. The number of ether oxygens (including phenoxy) is 1. The van der Waals surface area contributed by atoms with Gasteiger partial charge in [-0.25, -0.2) is 0 Å². The summed E-state index contributed by atoms with van der Waals surface area (Å²) in [7, 11) is 1.71. The monoisotopic (exact) mass is 295 g/mol. The van der Waals surface area contributed by atoms with Crippen LogP contribution in [0.15, 0.2) is 17.5 Å². The Hall–Kier alpha value is -0.870. The minimum absolute atomic E-state index is 0.0543. The van der Waals surface area contributed by atoms with Crippen molar-refractivity contribution in [2.75, 3.05) is 13.7 Å². The smallest absolute Gasteiger partial charge is 0.232 e. The van der Waals surface area contributed by atoms with Gasteiger partial charge in [0, 0.05) is 18.5 Å². The maximum Gasteiger partial charge on any atom is 0.232 e. The molecule has 1 saturated carbocycles. The van der Waals surface area contributed by atoms with Gasteiger partial charge < -0.3 is 10.1 Å². The Morgan fingerprint density at radius 3 is 2.60 bits per heavy atom. The summed E-state index contributed by atoms with van der Waals surface area (Å²) in [5, 5.41) is 5.16. The molecule has 0 saturated heterocycles. The Labute approximate surface area is 125 Å². The molecular formula is C16H25NO2S. The van der Waals surface area contributed by atoms with Crippen LogP contribution in [0.1, 0.15) is 45.4 Å². The van der Waals surface area contributed by atoms with E-state index in [1.807, 2.05) is 25.3 Å². The normalized spacial score (nSPS) is 24.4. The van der Waals surface area contributed by atoms with Crippen molar-refractivity contribution in [2.24, 2.45) is 5.41 Å². The van der Waals surface area contributed by atoms with Gasteiger partial charge in [0.2, 0.25) is 5.91 Å². The lowest BCUT2D eigenvalue weighted by molar-refractivity contribution is -0.124. The first-order valence-corrected chi connectivity index (χ1v) is 8.01. The standard InChI is InChI=1S/C16H25NO2S/c1-14(2)11-16(14,12-7-6-10-20-12)13(18)17-9-8-15(3,4)19-5/h6-7,10H,8-9,11H2,1-5H3,(H,17,18)/t16-/m0/s1. The summed E-state index contributed by atoms with van der Waals surface area (Å²) in [5.74, 6) is 0.164. The molecule has 1 N–H and O–H groups in total. The molecule has 1 fully saturated rings. The Morgan fingerprint density at radius 1 is 1.50 bits per heavy atom. The van der Waals surface area contributed by atoms with Crippen LogP contribution in [0.25, 0.3) is 0 Å². The molecular weight excluding hydrogens is 270 g/mol. The number of nitrogens with one attached hydrogen (secondary N) is 1. The maximum absolute atomic E-state index is 12.7. The number of carbonyl (C=O) groups excluding carboxylic acids is 1. The van der Waals surface area contributed by atoms with E-state index in [1.54, 1.807) is 18.4 Å². The molecule has 0 aromatic carbocycles. The van der Waals surface area contributed by atoms with E-state index in [4.69, 9.17) is 4.74 Å². The largest absolute Gasteiger partial charge is 0.379 e. The zero-order valence-electron chi connectivity index (χ0n) is 13.1. The molecule has 0 bridgehead atoms. The van der Waals surface area contributed by atoms with Crippen LogP contribution in [0.3, 0.4) is 0 Å². The Morgan fingerprint density at radius 2 is 2.15 bits per heavy atom. The number of carbonyl (C=O) groups is 1. The third-order valence-corrected chi connectivity index (χ3v) is 5.66. The van der Waals surface area contributed by atoms with Crippen molar-refractivity contribution in [2.45, 2.75) is 51.6 Å². The second-order valence-electron chi connectivity index (χ2n) is 6.91. The topological polar surface area (TPSA) is 38.3 Å². The molecule has 112 valence electrons. The lowest BCUT2D eigenvalue weighted by atomic mass is 9.93. The minimum Gasteiger partial charge on any atom is -0.379 e. The molecule has 3 nitrogen and oxygen atoms in total. The van der Waals surface area contributed by atoms with Gasteiger partial charge in [-0.2, -0.15) is 0 Å². The Bertz CT molecular complexity index is 479. The van der Waals surface area contributed by atoms with E-state index in [9.17, 15) is 4.79 Å². The fraction of sp³-hybridized carbons (Fsp3) is 0.688. The zero-order chi connectivity index (χ0) is 15.0. The molecule has 1 atom stereocenters. The van der Waals surface area contributed by atoms with Crippen LogP contribution in [0.5, 0.6) is 0 Å². The molecule has 1 aliphatic carbocycles. The molecule has 1 aromatic heterocycles. The van der Waals surface area contributed by atoms with Crippen LogP contribution in [0.4, 0.5) is 0 Å². The predicted octanol–water partition coefficient (Wildman–Crippen LogP) is 3.35. The van der Waals surface area contributed by atoms with E-state index in [2.05, 4.69) is 25.2 Å². The van der Waals surface area contributed by atoms with E-state index < -0.39 is 0 Å². The van der Waals surface area contributed by atoms with Crippen molar-refractivity contribution in [3.63, 3.8) is 0 Å². The first kappa shape index (κ1) is 15.5. The number of thiophene rings is 1. The highest BCUT2D eigenvalue weighted by Gasteiger charge is 2.67. The van der Waals surface area contributed by atoms with Crippen molar-refractivity contribution in [1.82, 2.24) is 5.32 Å². The molecule has 1 aliphatic rings. The van der Waals surface area contributed by atoms with Crippen molar-refractivity contribution in [3.05, 3.63) is 22.4 Å². The van der Waals surface area contributed by atoms with Gasteiger partial charge in [-0.1, -0.05) is 19.9 Å². The molecule has 0 spiro atoms. The molecule has 1 amide bonds. The van der Waals surface area contributed by atoms with Gasteiger partial charge >= 0.3 is 0 Å². The van der Waals surface area contributed by atoms with E-state index in [0.29, 0.717) is 6.54 Å². The summed E-state index contributed by atoms with van der Waals surface area (Å²) in [6, 6.07) is 4.11. The minimum atomic E-state index is -0.321. The maximum atomic E-state index is 12.7. The van der Waals surface area contributed by atoms with Gasteiger partial charge in [-0.3, -0.25) is 4.79 Å². The fourth-order valence-electron chi connectivity index (χ4n) is 2.79. The number of rotatable bonds is 6. The van der Waals surface area contributed by atoms with Gasteiger partial charge in [0.05, 0.1) is 11.0 Å². The number of amides is 1. The van der Waals surface area contributed by atoms with Crippen molar-refractivity contribution in [3.8, 4) is 0 Å². The van der Waals surface area contributed by atoms with Gasteiger partial charge in [-0.15, -0.1) is 11.3 Å². The van der Waals surface area contributed by atoms with E-state index >= 15 is 0 Å². The van der Waals surface area contributed by atoms with Crippen LogP contribution < -0.4 is 5.32 Å². The quantitative estimate of drug-likeness (QED) is 0.874. The van der Waals surface area contributed by atoms with E-state index in [0.717, 1.165) is 12.8 Å². The van der Waals surface area contributed by atoms with Gasteiger partial charge in [0.25, 0.3) is 0 Å². The van der Waals surface area contributed by atoms with Gasteiger partial charge in [-0.05, 0) is 43.6 Å². The summed E-state index contributed by atoms with van der Waals surface area (Å²) in [6.45, 7) is 9.07. The highest BCUT2D eigenvalue weighted by Crippen LogP contribution is 2.65. The van der Waals surface area contributed by atoms with Crippen molar-refractivity contribution >= 4 is 17.2 Å². The molecule has 4 heteroatoms. The first-order valence-electron chi connectivity index (χ1n) is 7.13. The second kappa shape index (κ2) is 5.15. The van der Waals surface area contributed by atoms with E-state index in [-0.39, 0.29) is 22.3 Å². The molecule has 1 heterocycles. The van der Waals surface area contributed by atoms with Crippen LogP contribution >= 0.6 is 11.3 Å². The average molecular weight is 295 g/mol. The molecule has 0 unspecified atom stereocenters. The predicted molar refractivity (Wildman–Crippen MR) is 83.1 cm³/mol. The zero-order valence-corrected chi connectivity index (χ0v) is 13.9. The molecule has 20 heavy (non-hydrogen) atoms. The number of hydrogen-bond acceptors (Lipinski definition) is 3. The van der Waals surface area contributed by atoms with Crippen LogP contribution in [0, 0.1) is 5.41 Å². The number of hydrogen-bond donors (Lipinski definition) is 1. The summed E-state index contributed by atoms with van der Waals surface area (Å²) in [4.78, 5) is 13.9. The van der Waals surface area contributed by atoms with Gasteiger partial charge in [0.15, 0.2) is 0 Å². The SMILES string of the molecule is COC(C)(C)CCNC(=O)[C@@]1(c2cccs2)CC1(C)C. The molecule has 0 aliphatic heterocycles. The summed E-state index contributed by atoms with van der Waals surface area (Å²) in [6.07, 6.45) is 1.75. The number of methoxy groups -OCH3 is 1. The molecule has 2 rings (SSSR count). The Balaban J connectivity index is 2.01. The Kier molecular flexibility index (Phi) is 4.00. The lowest BCUT2D eigenvalue weighted by Gasteiger charge is -2.24. The summed E-state index contributed by atoms with van der Waals surface area (Å²) < 4.78 is 5.38. The van der Waals surface area contributed by atoms with Crippen molar-refractivity contribution in [1.29, 1.82) is 0 Å². The van der Waals surface area contributed by atoms with E-state index in [1.165, 1.54) is 4.88 Å². The lowest BCUT2D eigenvalue weighted by Crippen LogP contribution is -2.40. The van der Waals surface area contributed by atoms with Crippen LogP contribution in [-0.2, 0) is 14.9 Å². The van der Waals surface area contributed by atoms with Crippen LogP contribution in [0.2, 0.25) is 0 Å². The average Bonchev–Trinajstić information content (AvgIpc) is 2.79. The van der Waals surface area contributed by atoms with Gasteiger partial charge in [0.1, 0.15) is 0 Å².